The highest BCUT2D eigenvalue weighted by atomic mass is 32.2. The van der Waals surface area contributed by atoms with Crippen molar-refractivity contribution in [2.24, 2.45) is 0 Å². The molecular weight excluding hydrogens is 463 g/mol. The van der Waals surface area contributed by atoms with Crippen molar-refractivity contribution in [1.29, 1.82) is 0 Å². The third kappa shape index (κ3) is 4.61. The number of nitrogens with one attached hydrogen (secondary N) is 1. The Labute approximate surface area is 195 Å². The van der Waals surface area contributed by atoms with E-state index in [1.54, 1.807) is 49.0 Å². The van der Waals surface area contributed by atoms with Crippen LogP contribution < -0.4 is 9.46 Å². The number of non-ortho nitro benzene ring substituents is 1. The van der Waals surface area contributed by atoms with E-state index < -0.39 is 32.8 Å². The lowest BCUT2D eigenvalue weighted by molar-refractivity contribution is -0.384. The van der Waals surface area contributed by atoms with Crippen molar-refractivity contribution in [3.05, 3.63) is 94.4 Å². The molecule has 0 radical (unpaired) electrons. The molecule has 3 aromatic carbocycles. The number of benzene rings is 3. The van der Waals surface area contributed by atoms with Crippen LogP contribution in [-0.4, -0.2) is 36.3 Å². The van der Waals surface area contributed by atoms with Gasteiger partial charge < -0.3 is 4.74 Å². The van der Waals surface area contributed by atoms with Gasteiger partial charge in [-0.3, -0.25) is 14.8 Å². The number of methoxy groups -OCH3 is 1. The number of ether oxygens (including phenoxy) is 1. The van der Waals surface area contributed by atoms with Gasteiger partial charge in [0.1, 0.15) is 11.6 Å². The maximum atomic E-state index is 13.7. The number of nitrogens with zero attached hydrogens (tertiary/aromatic N) is 3. The number of aromatic nitrogens is 2. The van der Waals surface area contributed by atoms with Gasteiger partial charge in [0.05, 0.1) is 34.7 Å². The molecule has 0 amide bonds. The van der Waals surface area contributed by atoms with Gasteiger partial charge in [-0.2, -0.15) is 5.10 Å². The summed E-state index contributed by atoms with van der Waals surface area (Å²) >= 11 is 0. The Morgan fingerprint density at radius 3 is 2.38 bits per heavy atom. The van der Waals surface area contributed by atoms with Gasteiger partial charge in [0.2, 0.25) is 10.0 Å². The first-order valence-corrected chi connectivity index (χ1v) is 11.7. The molecule has 0 aliphatic heterocycles. The Morgan fingerprint density at radius 1 is 1.09 bits per heavy atom. The normalized spacial score (nSPS) is 13.5. The molecule has 34 heavy (non-hydrogen) atoms. The first-order chi connectivity index (χ1) is 16.2. The van der Waals surface area contributed by atoms with Gasteiger partial charge in [0.15, 0.2) is 0 Å². The van der Waals surface area contributed by atoms with Crippen LogP contribution in [0.4, 0.5) is 10.1 Å². The lowest BCUT2D eigenvalue weighted by Gasteiger charge is -2.26. The first-order valence-electron chi connectivity index (χ1n) is 10.2. The van der Waals surface area contributed by atoms with Crippen molar-refractivity contribution >= 4 is 26.6 Å². The third-order valence-electron chi connectivity index (χ3n) is 5.45. The molecule has 9 nitrogen and oxygen atoms in total. The Morgan fingerprint density at radius 2 is 1.76 bits per heavy atom. The molecule has 0 fully saturated rings. The van der Waals surface area contributed by atoms with Gasteiger partial charge in [-0.15, -0.1) is 0 Å². The minimum atomic E-state index is -4.02. The Kier molecular flexibility index (Phi) is 6.31. The van der Waals surface area contributed by atoms with Crippen LogP contribution in [0, 0.1) is 15.9 Å². The van der Waals surface area contributed by atoms with Crippen LogP contribution in [0.1, 0.15) is 18.5 Å². The van der Waals surface area contributed by atoms with Crippen molar-refractivity contribution in [3.63, 3.8) is 0 Å². The van der Waals surface area contributed by atoms with E-state index in [9.17, 15) is 22.9 Å². The molecule has 1 N–H and O–H groups in total. The molecule has 0 unspecified atom stereocenters. The highest BCUT2D eigenvalue weighted by Crippen LogP contribution is 2.29. The summed E-state index contributed by atoms with van der Waals surface area (Å²) in [4.78, 5) is 10.2. The van der Waals surface area contributed by atoms with Gasteiger partial charge >= 0.3 is 0 Å². The standard InChI is InChI=1S/C23H21FN4O5S/c1-15(26-34(31,32)21-10-6-19(7-11-21)28(29)30)23(16-3-8-20(33-2)9-4-16)27-22-12-5-18(24)13-17(22)14-25-27/h3-15,23,26H,1-2H3/t15-,23-/m0/s1. The molecule has 4 rings (SSSR count). The van der Waals surface area contributed by atoms with Crippen LogP contribution in [0.15, 0.2) is 77.8 Å². The quantitative estimate of drug-likeness (QED) is 0.298. The summed E-state index contributed by atoms with van der Waals surface area (Å²) in [7, 11) is -2.47. The highest BCUT2D eigenvalue weighted by Gasteiger charge is 2.28. The Bertz CT molecular complexity index is 1440. The average Bonchev–Trinajstić information content (AvgIpc) is 3.22. The SMILES string of the molecule is COc1ccc([C@H]([C@H](C)NS(=O)(=O)c2ccc([N+](=O)[O-])cc2)n2ncc3cc(F)ccc32)cc1. The van der Waals surface area contributed by atoms with Gasteiger partial charge in [-0.1, -0.05) is 12.1 Å². The zero-order chi connectivity index (χ0) is 24.5. The zero-order valence-corrected chi connectivity index (χ0v) is 19.1. The second-order valence-corrected chi connectivity index (χ2v) is 9.39. The molecule has 0 saturated heterocycles. The second-order valence-electron chi connectivity index (χ2n) is 7.67. The molecule has 11 heteroatoms. The van der Waals surface area contributed by atoms with E-state index in [-0.39, 0.29) is 10.6 Å². The van der Waals surface area contributed by atoms with Crippen LogP contribution in [0.5, 0.6) is 5.75 Å². The molecule has 0 aliphatic rings. The maximum absolute atomic E-state index is 13.7. The first kappa shape index (κ1) is 23.3. The molecule has 2 atom stereocenters. The molecule has 4 aromatic rings. The fraction of sp³-hybridized carbons (Fsp3) is 0.174. The Balaban J connectivity index is 1.73. The van der Waals surface area contributed by atoms with Crippen LogP contribution in [0.25, 0.3) is 10.9 Å². The van der Waals surface area contributed by atoms with Gasteiger partial charge in [0, 0.05) is 23.6 Å². The smallest absolute Gasteiger partial charge is 0.269 e. The number of nitro benzene ring substituents is 1. The molecule has 0 bridgehead atoms. The zero-order valence-electron chi connectivity index (χ0n) is 18.3. The fourth-order valence-corrected chi connectivity index (χ4v) is 5.06. The predicted molar refractivity (Wildman–Crippen MR) is 124 cm³/mol. The number of sulfonamides is 1. The fourth-order valence-electron chi connectivity index (χ4n) is 3.81. The van der Waals surface area contributed by atoms with Crippen LogP contribution >= 0.6 is 0 Å². The molecule has 0 saturated carbocycles. The summed E-state index contributed by atoms with van der Waals surface area (Å²) in [6.07, 6.45) is 1.52. The molecular formula is C23H21FN4O5S. The van der Waals surface area contributed by atoms with Crippen LogP contribution in [0.2, 0.25) is 0 Å². The number of hydrogen-bond donors (Lipinski definition) is 1. The van der Waals surface area contributed by atoms with E-state index in [1.165, 1.54) is 30.5 Å². The molecule has 176 valence electrons. The van der Waals surface area contributed by atoms with Crippen LogP contribution in [0.3, 0.4) is 0 Å². The largest absolute Gasteiger partial charge is 0.497 e. The van der Waals surface area contributed by atoms with Crippen molar-refractivity contribution in [2.45, 2.75) is 23.9 Å². The number of fused-ring (bicyclic) bond motifs is 1. The van der Waals surface area contributed by atoms with Crippen molar-refractivity contribution < 1.29 is 22.5 Å². The summed E-state index contributed by atoms with van der Waals surface area (Å²) in [6, 6.07) is 14.7. The number of hydrogen-bond acceptors (Lipinski definition) is 6. The third-order valence-corrected chi connectivity index (χ3v) is 7.03. The maximum Gasteiger partial charge on any atom is 0.269 e. The van der Waals surface area contributed by atoms with Gasteiger partial charge in [-0.25, -0.2) is 17.5 Å². The number of nitro groups is 1. The molecule has 0 spiro atoms. The minimum Gasteiger partial charge on any atom is -0.497 e. The summed E-state index contributed by atoms with van der Waals surface area (Å²) in [5, 5.41) is 15.9. The second kappa shape index (κ2) is 9.20. The van der Waals surface area contributed by atoms with Crippen molar-refractivity contribution in [3.8, 4) is 5.75 Å². The minimum absolute atomic E-state index is 0.106. The van der Waals surface area contributed by atoms with E-state index in [4.69, 9.17) is 4.74 Å². The topological polar surface area (TPSA) is 116 Å². The summed E-state index contributed by atoms with van der Waals surface area (Å²) < 4.78 is 49.3. The van der Waals surface area contributed by atoms with Crippen LogP contribution in [-0.2, 0) is 10.0 Å². The van der Waals surface area contributed by atoms with Crippen molar-refractivity contribution in [2.75, 3.05) is 7.11 Å². The molecule has 1 aromatic heterocycles. The predicted octanol–water partition coefficient (Wildman–Crippen LogP) is 4.05. The van der Waals surface area contributed by atoms with E-state index in [1.807, 2.05) is 0 Å². The van der Waals surface area contributed by atoms with Crippen molar-refractivity contribution in [1.82, 2.24) is 14.5 Å². The van der Waals surface area contributed by atoms with E-state index in [2.05, 4.69) is 9.82 Å². The Hall–Kier alpha value is -3.83. The summed E-state index contributed by atoms with van der Waals surface area (Å²) in [5.74, 6) is 0.231. The van der Waals surface area contributed by atoms with Gasteiger partial charge in [0.25, 0.3) is 5.69 Å². The lowest BCUT2D eigenvalue weighted by atomic mass is 10.0. The van der Waals surface area contributed by atoms with E-state index >= 15 is 0 Å². The van der Waals surface area contributed by atoms with Gasteiger partial charge in [-0.05, 0) is 55.0 Å². The molecule has 1 heterocycles. The highest BCUT2D eigenvalue weighted by molar-refractivity contribution is 7.89. The summed E-state index contributed by atoms with van der Waals surface area (Å²) in [5.41, 5.74) is 1.16. The average molecular weight is 485 g/mol. The van der Waals surface area contributed by atoms with E-state index in [0.29, 0.717) is 16.7 Å². The monoisotopic (exact) mass is 484 g/mol. The number of rotatable bonds is 8. The summed E-state index contributed by atoms with van der Waals surface area (Å²) in [6.45, 7) is 1.69. The van der Waals surface area contributed by atoms with E-state index in [0.717, 1.165) is 17.7 Å². The molecule has 0 aliphatic carbocycles. The lowest BCUT2D eigenvalue weighted by Crippen LogP contribution is -2.40. The number of halogens is 1.